The van der Waals surface area contributed by atoms with Gasteiger partial charge in [-0.25, -0.2) is 0 Å². The van der Waals surface area contributed by atoms with E-state index in [0.717, 1.165) is 94.8 Å². The van der Waals surface area contributed by atoms with Crippen LogP contribution < -0.4 is 0 Å². The summed E-state index contributed by atoms with van der Waals surface area (Å²) in [6.45, 7) is 15.8. The Hall–Kier alpha value is -3.50. The molecule has 2 rings (SSSR count). The van der Waals surface area contributed by atoms with Crippen LogP contribution in [0.25, 0.3) is 0 Å². The Morgan fingerprint density at radius 1 is 0.415 bits per heavy atom. The highest BCUT2D eigenvalue weighted by Crippen LogP contribution is 2.25. The summed E-state index contributed by atoms with van der Waals surface area (Å²) in [6, 6.07) is 8.46. The molecular formula is C51H65BrSi. The number of hydrogen-bond donors (Lipinski definition) is 0. The summed E-state index contributed by atoms with van der Waals surface area (Å²) in [5, 5.41) is 0. The topological polar surface area (TPSA) is 0 Å². The molecule has 0 N–H and O–H groups in total. The van der Waals surface area contributed by atoms with E-state index in [1.54, 1.807) is 0 Å². The van der Waals surface area contributed by atoms with Crippen LogP contribution in [0.3, 0.4) is 0 Å². The normalized spacial score (nSPS) is 10.1. The van der Waals surface area contributed by atoms with Crippen LogP contribution in [0.15, 0.2) is 28.7 Å². The summed E-state index contributed by atoms with van der Waals surface area (Å²) in [7, 11) is -1.63. The Kier molecular flexibility index (Phi) is 24.1. The lowest BCUT2D eigenvalue weighted by Crippen LogP contribution is -2.16. The number of hydrogen-bond acceptors (Lipinski definition) is 0. The average molecular weight is 786 g/mol. The van der Waals surface area contributed by atoms with Crippen molar-refractivity contribution in [3.8, 4) is 70.7 Å². The number of rotatable bonds is 16. The van der Waals surface area contributed by atoms with Gasteiger partial charge in [0.05, 0.1) is 10.0 Å². The first-order chi connectivity index (χ1) is 25.7. The first kappa shape index (κ1) is 45.7. The molecule has 2 aromatic rings. The Morgan fingerprint density at radius 2 is 0.774 bits per heavy atom. The second kappa shape index (κ2) is 28.0. The summed E-state index contributed by atoms with van der Waals surface area (Å²) < 4.78 is 0.914. The zero-order chi connectivity index (χ0) is 38.6. The van der Waals surface area contributed by atoms with Crippen LogP contribution in [0.2, 0.25) is 19.6 Å². The molecule has 53 heavy (non-hydrogen) atoms. The van der Waals surface area contributed by atoms with Crippen molar-refractivity contribution in [3.63, 3.8) is 0 Å². The number of benzene rings is 2. The Labute approximate surface area is 336 Å². The van der Waals surface area contributed by atoms with Crippen molar-refractivity contribution in [1.82, 2.24) is 0 Å². The van der Waals surface area contributed by atoms with E-state index in [-0.39, 0.29) is 0 Å². The van der Waals surface area contributed by atoms with Gasteiger partial charge in [-0.3, -0.25) is 0 Å². The second-order valence-electron chi connectivity index (χ2n) is 15.0. The van der Waals surface area contributed by atoms with Gasteiger partial charge >= 0.3 is 0 Å². The maximum atomic E-state index is 3.92. The average Bonchev–Trinajstić information content (AvgIpc) is 3.13. The largest absolute Gasteiger partial charge is 0.129 e. The van der Waals surface area contributed by atoms with Crippen molar-refractivity contribution in [2.24, 2.45) is 0 Å². The van der Waals surface area contributed by atoms with E-state index in [1.807, 2.05) is 0 Å². The van der Waals surface area contributed by atoms with Gasteiger partial charge in [0.15, 0.2) is 0 Å². The minimum absolute atomic E-state index is 0.880. The van der Waals surface area contributed by atoms with Gasteiger partial charge in [0.1, 0.15) is 8.07 Å². The highest BCUT2D eigenvalue weighted by atomic mass is 79.9. The van der Waals surface area contributed by atoms with E-state index in [0.29, 0.717) is 0 Å². The summed E-state index contributed by atoms with van der Waals surface area (Å²) in [6.07, 6.45) is 22.9. The minimum atomic E-state index is -1.63. The van der Waals surface area contributed by atoms with Crippen LogP contribution in [0.1, 0.15) is 195 Å². The van der Waals surface area contributed by atoms with E-state index in [2.05, 4.69) is 158 Å². The zero-order valence-corrected chi connectivity index (χ0v) is 36.9. The molecule has 0 atom stereocenters. The summed E-state index contributed by atoms with van der Waals surface area (Å²) in [5.41, 5.74) is 10.1. The van der Waals surface area contributed by atoms with E-state index >= 15 is 0 Å². The third-order valence-corrected chi connectivity index (χ3v) is 10.4. The van der Waals surface area contributed by atoms with Gasteiger partial charge in [-0.2, -0.15) is 0 Å². The van der Waals surface area contributed by atoms with E-state index in [1.165, 1.54) is 77.0 Å². The second-order valence-corrected chi connectivity index (χ2v) is 20.5. The van der Waals surface area contributed by atoms with Crippen LogP contribution in [0.4, 0.5) is 0 Å². The van der Waals surface area contributed by atoms with E-state index < -0.39 is 8.07 Å². The molecule has 0 nitrogen and oxygen atoms in total. The fraction of sp³-hybridized carbons (Fsp3) is 0.529. The molecule has 0 saturated carbocycles. The van der Waals surface area contributed by atoms with Crippen molar-refractivity contribution in [1.29, 1.82) is 0 Å². The van der Waals surface area contributed by atoms with E-state index in [4.69, 9.17) is 0 Å². The molecule has 2 heteroatoms. The van der Waals surface area contributed by atoms with Crippen LogP contribution in [0.5, 0.6) is 0 Å². The van der Waals surface area contributed by atoms with Crippen molar-refractivity contribution in [3.05, 3.63) is 67.7 Å². The first-order valence-corrected chi connectivity index (χ1v) is 25.0. The van der Waals surface area contributed by atoms with Crippen molar-refractivity contribution in [2.45, 2.75) is 176 Å². The summed E-state index contributed by atoms with van der Waals surface area (Å²) >= 11 is 3.92. The fourth-order valence-corrected chi connectivity index (χ4v) is 6.54. The standard InChI is InChI=1S/C51H65BrSi/c1-8-12-16-20-24-28-32-44-36-37-45(33-29-25-21-17-13-9-2)51(52)50(44)39-38-48-43-49(40-41-53(5,6)7)47(35-31-27-23-19-15-11-4)42-46(48)34-30-26-22-18-14-10-3/h36-37,42-43H,8-27H2,1-7H3. The minimum Gasteiger partial charge on any atom is -0.127 e. The third kappa shape index (κ3) is 19.9. The van der Waals surface area contributed by atoms with Gasteiger partial charge in [-0.15, -0.1) is 5.54 Å². The van der Waals surface area contributed by atoms with Crippen molar-refractivity contribution in [2.75, 3.05) is 0 Å². The van der Waals surface area contributed by atoms with Gasteiger partial charge in [-0.05, 0) is 65.9 Å². The molecule has 280 valence electrons. The Balaban J connectivity index is 2.73. The van der Waals surface area contributed by atoms with Crippen LogP contribution in [-0.4, -0.2) is 8.07 Å². The van der Waals surface area contributed by atoms with Crippen LogP contribution in [0, 0.1) is 70.7 Å². The molecular weight excluding hydrogens is 721 g/mol. The maximum absolute atomic E-state index is 3.92. The van der Waals surface area contributed by atoms with Gasteiger partial charge in [0, 0.05) is 59.1 Å². The Bertz CT molecular complexity index is 1800. The molecule has 0 fully saturated rings. The van der Waals surface area contributed by atoms with Gasteiger partial charge in [0.25, 0.3) is 0 Å². The lowest BCUT2D eigenvalue weighted by molar-refractivity contribution is 0.679. The maximum Gasteiger partial charge on any atom is 0.129 e. The first-order valence-electron chi connectivity index (χ1n) is 20.7. The lowest BCUT2D eigenvalue weighted by Gasteiger charge is -2.07. The quantitative estimate of drug-likeness (QED) is 0.0903. The molecule has 2 aromatic carbocycles. The van der Waals surface area contributed by atoms with Gasteiger partial charge in [-0.1, -0.05) is 190 Å². The van der Waals surface area contributed by atoms with Gasteiger partial charge in [0.2, 0.25) is 0 Å². The lowest BCUT2D eigenvalue weighted by atomic mass is 9.97. The molecule has 0 aromatic heterocycles. The molecule has 0 bridgehead atoms. The molecule has 0 aliphatic rings. The SMILES string of the molecule is CCCCCCC#Cc1cc(C#CCCCCCC)c(C#C[Si](C)(C)C)cc1C#Cc1c(C#CCCCCCC)ccc(C#CCCCCCC)c1Br. The zero-order valence-electron chi connectivity index (χ0n) is 34.3. The predicted molar refractivity (Wildman–Crippen MR) is 239 cm³/mol. The molecule has 0 spiro atoms. The highest BCUT2D eigenvalue weighted by Gasteiger charge is 2.11. The summed E-state index contributed by atoms with van der Waals surface area (Å²) in [4.78, 5) is 0. The molecule has 0 radical (unpaired) electrons. The Morgan fingerprint density at radius 3 is 1.19 bits per heavy atom. The summed E-state index contributed by atoms with van der Waals surface area (Å²) in [5.74, 6) is 38.3. The van der Waals surface area contributed by atoms with Crippen molar-refractivity contribution >= 4 is 24.0 Å². The van der Waals surface area contributed by atoms with Crippen LogP contribution in [-0.2, 0) is 0 Å². The van der Waals surface area contributed by atoms with Crippen LogP contribution >= 0.6 is 15.9 Å². The van der Waals surface area contributed by atoms with E-state index in [9.17, 15) is 0 Å². The number of unbranched alkanes of at least 4 members (excludes halogenated alkanes) is 16. The monoisotopic (exact) mass is 784 g/mol. The molecule has 0 unspecified atom stereocenters. The molecule has 0 amide bonds. The smallest absolute Gasteiger partial charge is 0.127 e. The number of halogens is 1. The van der Waals surface area contributed by atoms with Gasteiger partial charge < -0.3 is 0 Å². The molecule has 0 heterocycles. The van der Waals surface area contributed by atoms with Crippen molar-refractivity contribution < 1.29 is 0 Å². The third-order valence-electron chi connectivity index (χ3n) is 8.71. The molecule has 0 aliphatic heterocycles. The predicted octanol–water partition coefficient (Wildman–Crippen LogP) is 14.4. The molecule has 0 saturated heterocycles. The highest BCUT2D eigenvalue weighted by molar-refractivity contribution is 9.10. The molecule has 0 aliphatic carbocycles. The fourth-order valence-electron chi connectivity index (χ4n) is 5.49.